The molecule has 2 aromatic heterocycles. The van der Waals surface area contributed by atoms with Crippen LogP contribution in [0, 0.1) is 6.92 Å². The first-order chi connectivity index (χ1) is 16.8. The summed E-state index contributed by atoms with van der Waals surface area (Å²) in [4.78, 5) is 44.2. The van der Waals surface area contributed by atoms with Gasteiger partial charge in [-0.3, -0.25) is 14.7 Å². The minimum atomic E-state index is -4.80. The second-order valence-electron chi connectivity index (χ2n) is 9.65. The zero-order valence-corrected chi connectivity index (χ0v) is 20.2. The summed E-state index contributed by atoms with van der Waals surface area (Å²) in [7, 11) is 0. The van der Waals surface area contributed by atoms with Crippen LogP contribution in [0.3, 0.4) is 0 Å². The molecule has 1 aliphatic rings. The van der Waals surface area contributed by atoms with Crippen LogP contribution in [0.5, 0.6) is 0 Å². The molecule has 1 aliphatic heterocycles. The molecule has 0 spiro atoms. The van der Waals surface area contributed by atoms with Gasteiger partial charge in [-0.05, 0) is 39.7 Å². The summed E-state index contributed by atoms with van der Waals surface area (Å²) in [5.74, 6) is -0.778. The van der Waals surface area contributed by atoms with E-state index in [1.54, 1.807) is 39.0 Å². The largest absolute Gasteiger partial charge is 0.444 e. The molecule has 0 bridgehead atoms. The molecular weight excluding hydrogens is 479 g/mol. The van der Waals surface area contributed by atoms with Gasteiger partial charge in [0.2, 0.25) is 0 Å². The SMILES string of the molecule is Cc1nc2c(-c3ccccc3)c(C(F)(F)F)[nH]n2c(=O)c1C(=O)NC1CCN(C(=O)OC(C)(C)C)C1. The van der Waals surface area contributed by atoms with Crippen molar-refractivity contribution >= 4 is 17.6 Å². The van der Waals surface area contributed by atoms with Gasteiger partial charge in [0.1, 0.15) is 16.9 Å². The number of hydrogen-bond donors (Lipinski definition) is 2. The lowest BCUT2D eigenvalue weighted by atomic mass is 10.1. The Morgan fingerprint density at radius 2 is 1.83 bits per heavy atom. The molecule has 3 aromatic rings. The number of nitrogens with one attached hydrogen (secondary N) is 2. The minimum Gasteiger partial charge on any atom is -0.444 e. The smallest absolute Gasteiger partial charge is 0.433 e. The van der Waals surface area contributed by atoms with Crippen molar-refractivity contribution in [3.63, 3.8) is 0 Å². The number of likely N-dealkylation sites (tertiary alicyclic amines) is 1. The molecule has 0 aliphatic carbocycles. The van der Waals surface area contributed by atoms with Crippen LogP contribution in [-0.4, -0.2) is 56.2 Å². The second kappa shape index (κ2) is 8.99. The molecule has 1 fully saturated rings. The van der Waals surface area contributed by atoms with E-state index in [0.29, 0.717) is 17.5 Å². The lowest BCUT2D eigenvalue weighted by Crippen LogP contribution is -2.42. The second-order valence-corrected chi connectivity index (χ2v) is 9.65. The molecule has 0 saturated carbocycles. The van der Waals surface area contributed by atoms with E-state index in [9.17, 15) is 27.6 Å². The highest BCUT2D eigenvalue weighted by Gasteiger charge is 2.39. The molecule has 3 heterocycles. The van der Waals surface area contributed by atoms with Gasteiger partial charge in [0.05, 0.1) is 11.3 Å². The Bertz CT molecular complexity index is 1370. The lowest BCUT2D eigenvalue weighted by Gasteiger charge is -2.24. The van der Waals surface area contributed by atoms with Gasteiger partial charge in [-0.25, -0.2) is 9.78 Å². The third kappa shape index (κ3) is 4.93. The quantitative estimate of drug-likeness (QED) is 0.564. The Balaban J connectivity index is 1.66. The monoisotopic (exact) mass is 505 g/mol. The maximum Gasteiger partial charge on any atom is 0.433 e. The number of ether oxygens (including phenoxy) is 1. The van der Waals surface area contributed by atoms with Crippen molar-refractivity contribution in [1.29, 1.82) is 0 Å². The molecule has 36 heavy (non-hydrogen) atoms. The molecule has 12 heteroatoms. The molecule has 2 amide bonds. The van der Waals surface area contributed by atoms with Crippen molar-refractivity contribution in [3.05, 3.63) is 57.6 Å². The van der Waals surface area contributed by atoms with Crippen LogP contribution in [-0.2, 0) is 10.9 Å². The number of hydrogen-bond acceptors (Lipinski definition) is 5. The summed E-state index contributed by atoms with van der Waals surface area (Å²) in [6.45, 7) is 7.15. The van der Waals surface area contributed by atoms with Crippen molar-refractivity contribution < 1.29 is 27.5 Å². The van der Waals surface area contributed by atoms with Crippen LogP contribution in [0.2, 0.25) is 0 Å². The van der Waals surface area contributed by atoms with Crippen molar-refractivity contribution in [3.8, 4) is 11.1 Å². The standard InChI is InChI=1S/C24H26F3N5O4/c1-13-16(20(33)29-15-10-11-31(12-15)22(35)36-23(2,3)4)21(34)32-19(28-13)17(14-8-6-5-7-9-14)18(30-32)24(25,26)27/h5-9,15,30H,10-12H2,1-4H3,(H,29,33). The van der Waals surface area contributed by atoms with E-state index in [0.717, 1.165) is 0 Å². The Labute approximate surface area is 204 Å². The molecule has 1 unspecified atom stereocenters. The van der Waals surface area contributed by atoms with Crippen LogP contribution in [0.15, 0.2) is 35.1 Å². The van der Waals surface area contributed by atoms with Crippen LogP contribution in [0.1, 0.15) is 48.9 Å². The van der Waals surface area contributed by atoms with Crippen molar-refractivity contribution in [2.24, 2.45) is 0 Å². The van der Waals surface area contributed by atoms with Crippen molar-refractivity contribution in [2.75, 3.05) is 13.1 Å². The summed E-state index contributed by atoms with van der Waals surface area (Å²) in [5.41, 5.74) is -3.44. The van der Waals surface area contributed by atoms with E-state index in [2.05, 4.69) is 15.4 Å². The van der Waals surface area contributed by atoms with Gasteiger partial charge in [-0.15, -0.1) is 0 Å². The van der Waals surface area contributed by atoms with Crippen LogP contribution >= 0.6 is 0 Å². The van der Waals surface area contributed by atoms with Crippen molar-refractivity contribution in [2.45, 2.75) is 51.9 Å². The molecule has 1 saturated heterocycles. The predicted molar refractivity (Wildman–Crippen MR) is 125 cm³/mol. The molecule has 1 aromatic carbocycles. The number of alkyl halides is 3. The van der Waals surface area contributed by atoms with E-state index in [-0.39, 0.29) is 34.6 Å². The molecule has 0 radical (unpaired) electrons. The fourth-order valence-corrected chi connectivity index (χ4v) is 4.15. The number of H-pyrrole nitrogens is 1. The number of carbonyl (C=O) groups is 2. The van der Waals surface area contributed by atoms with Gasteiger partial charge in [0.25, 0.3) is 11.5 Å². The predicted octanol–water partition coefficient (Wildman–Crippen LogP) is 3.76. The number of halogens is 3. The maximum atomic E-state index is 13.8. The van der Waals surface area contributed by atoms with E-state index in [4.69, 9.17) is 4.74 Å². The highest BCUT2D eigenvalue weighted by molar-refractivity contribution is 5.95. The van der Waals surface area contributed by atoms with Gasteiger partial charge in [0.15, 0.2) is 5.65 Å². The normalized spacial score (nSPS) is 16.4. The van der Waals surface area contributed by atoms with Gasteiger partial charge in [-0.1, -0.05) is 30.3 Å². The summed E-state index contributed by atoms with van der Waals surface area (Å²) >= 11 is 0. The summed E-state index contributed by atoms with van der Waals surface area (Å²) in [5, 5.41) is 4.79. The third-order valence-electron chi connectivity index (χ3n) is 5.71. The molecule has 4 rings (SSSR count). The van der Waals surface area contributed by atoms with Gasteiger partial charge in [0, 0.05) is 19.1 Å². The third-order valence-corrected chi connectivity index (χ3v) is 5.71. The van der Waals surface area contributed by atoms with Crippen LogP contribution in [0.25, 0.3) is 16.8 Å². The first-order valence-electron chi connectivity index (χ1n) is 11.3. The highest BCUT2D eigenvalue weighted by atomic mass is 19.4. The Hall–Kier alpha value is -3.83. The van der Waals surface area contributed by atoms with Gasteiger partial charge < -0.3 is 15.0 Å². The number of carbonyl (C=O) groups excluding carboxylic acids is 2. The fourth-order valence-electron chi connectivity index (χ4n) is 4.15. The zero-order valence-electron chi connectivity index (χ0n) is 20.2. The lowest BCUT2D eigenvalue weighted by molar-refractivity contribution is -0.140. The number of rotatable bonds is 3. The molecule has 2 N–H and O–H groups in total. The topological polar surface area (TPSA) is 109 Å². The molecule has 192 valence electrons. The van der Waals surface area contributed by atoms with Gasteiger partial charge >= 0.3 is 12.3 Å². The highest BCUT2D eigenvalue weighted by Crippen LogP contribution is 2.38. The van der Waals surface area contributed by atoms with Crippen molar-refractivity contribution in [1.82, 2.24) is 24.8 Å². The van der Waals surface area contributed by atoms with E-state index >= 15 is 0 Å². The molecule has 9 nitrogen and oxygen atoms in total. The molecule has 1 atom stereocenters. The maximum absolute atomic E-state index is 13.8. The Morgan fingerprint density at radius 3 is 2.44 bits per heavy atom. The fraction of sp³-hybridized carbons (Fsp3) is 0.417. The Kier molecular flexibility index (Phi) is 6.31. The van der Waals surface area contributed by atoms with Crippen LogP contribution in [0.4, 0.5) is 18.0 Å². The number of fused-ring (bicyclic) bond motifs is 1. The average Bonchev–Trinajstić information content (AvgIpc) is 3.38. The summed E-state index contributed by atoms with van der Waals surface area (Å²) in [6.07, 6.45) is -4.88. The summed E-state index contributed by atoms with van der Waals surface area (Å²) < 4.78 is 47.5. The minimum absolute atomic E-state index is 0.00981. The van der Waals surface area contributed by atoms with Crippen LogP contribution < -0.4 is 10.9 Å². The first kappa shape index (κ1) is 25.3. The molecular formula is C24H26F3N5O4. The first-order valence-corrected chi connectivity index (χ1v) is 11.3. The number of nitrogens with zero attached hydrogens (tertiary/aromatic N) is 3. The van der Waals surface area contributed by atoms with Gasteiger partial charge in [-0.2, -0.15) is 17.7 Å². The average molecular weight is 505 g/mol. The van der Waals surface area contributed by atoms with E-state index < -0.39 is 41.1 Å². The number of aryl methyl sites for hydroxylation is 1. The number of aromatic amines is 1. The number of benzene rings is 1. The number of amides is 2. The summed E-state index contributed by atoms with van der Waals surface area (Å²) in [6, 6.07) is 7.32. The van der Waals surface area contributed by atoms with E-state index in [1.807, 2.05) is 0 Å². The zero-order chi connectivity index (χ0) is 26.4. The van der Waals surface area contributed by atoms with E-state index in [1.165, 1.54) is 24.0 Å². The number of aromatic nitrogens is 3. The Morgan fingerprint density at radius 1 is 1.17 bits per heavy atom.